The van der Waals surface area contributed by atoms with E-state index in [0.29, 0.717) is 23.4 Å². The Labute approximate surface area is 130 Å². The first-order valence-electron chi connectivity index (χ1n) is 7.72. The van der Waals surface area contributed by atoms with Gasteiger partial charge in [0.1, 0.15) is 5.82 Å². The molecule has 0 spiro atoms. The summed E-state index contributed by atoms with van der Waals surface area (Å²) in [4.78, 5) is 23.2. The zero-order chi connectivity index (χ0) is 14.7. The summed E-state index contributed by atoms with van der Waals surface area (Å²) in [5, 5.41) is 3.50. The molecule has 1 aromatic heterocycles. The molecule has 0 aromatic carbocycles. The molecular weight excluding hydrogens is 288 g/mol. The van der Waals surface area contributed by atoms with Crippen LogP contribution in [-0.4, -0.2) is 39.9 Å². The van der Waals surface area contributed by atoms with E-state index < -0.39 is 0 Å². The lowest BCUT2D eigenvalue weighted by molar-refractivity contribution is -0.129. The Morgan fingerprint density at radius 2 is 2.00 bits per heavy atom. The van der Waals surface area contributed by atoms with Crippen molar-refractivity contribution in [2.24, 2.45) is 5.92 Å². The van der Waals surface area contributed by atoms with Gasteiger partial charge in [-0.15, -0.1) is 0 Å². The molecule has 0 aliphatic carbocycles. The zero-order valence-electron chi connectivity index (χ0n) is 12.1. The quantitative estimate of drug-likeness (QED) is 0.928. The number of fused-ring (bicyclic) bond motifs is 1. The van der Waals surface area contributed by atoms with E-state index in [4.69, 9.17) is 11.6 Å². The van der Waals surface area contributed by atoms with Crippen LogP contribution in [0, 0.1) is 5.92 Å². The molecule has 21 heavy (non-hydrogen) atoms. The van der Waals surface area contributed by atoms with Crippen molar-refractivity contribution in [1.82, 2.24) is 20.2 Å². The van der Waals surface area contributed by atoms with Crippen LogP contribution in [0.25, 0.3) is 0 Å². The van der Waals surface area contributed by atoms with Crippen molar-refractivity contribution >= 4 is 17.5 Å². The highest BCUT2D eigenvalue weighted by Crippen LogP contribution is 2.30. The molecule has 3 rings (SSSR count). The van der Waals surface area contributed by atoms with Crippen LogP contribution in [0.5, 0.6) is 0 Å². The molecule has 0 saturated carbocycles. The third kappa shape index (κ3) is 3.52. The molecule has 5 nitrogen and oxygen atoms in total. The Morgan fingerprint density at radius 1 is 1.24 bits per heavy atom. The highest BCUT2D eigenvalue weighted by atomic mass is 35.5. The van der Waals surface area contributed by atoms with E-state index in [-0.39, 0.29) is 11.8 Å². The number of nitrogens with zero attached hydrogens (tertiary/aromatic N) is 3. The average Bonchev–Trinajstić information content (AvgIpc) is 2.53. The Balaban J connectivity index is 1.57. The molecule has 2 aliphatic heterocycles. The van der Waals surface area contributed by atoms with Gasteiger partial charge >= 0.3 is 0 Å². The van der Waals surface area contributed by atoms with E-state index in [2.05, 4.69) is 20.2 Å². The monoisotopic (exact) mass is 308 g/mol. The predicted octanol–water partition coefficient (Wildman–Crippen LogP) is 2.01. The third-order valence-electron chi connectivity index (χ3n) is 4.52. The van der Waals surface area contributed by atoms with Gasteiger partial charge in [0.15, 0.2) is 0 Å². The number of amides is 1. The summed E-state index contributed by atoms with van der Waals surface area (Å²) in [6.07, 6.45) is 8.88. The van der Waals surface area contributed by atoms with Crippen LogP contribution in [0.1, 0.15) is 37.9 Å². The number of rotatable bonds is 3. The van der Waals surface area contributed by atoms with E-state index in [1.807, 2.05) is 0 Å². The molecule has 0 radical (unpaired) electrons. The highest BCUT2D eigenvalue weighted by molar-refractivity contribution is 6.30. The van der Waals surface area contributed by atoms with Crippen molar-refractivity contribution < 1.29 is 4.79 Å². The second kappa shape index (κ2) is 6.71. The molecule has 2 saturated heterocycles. The Bertz CT molecular complexity index is 491. The summed E-state index contributed by atoms with van der Waals surface area (Å²) in [7, 11) is 0. The number of carbonyl (C=O) groups is 1. The summed E-state index contributed by atoms with van der Waals surface area (Å²) in [6.45, 7) is 2.67. The van der Waals surface area contributed by atoms with E-state index in [9.17, 15) is 4.79 Å². The van der Waals surface area contributed by atoms with Gasteiger partial charge < -0.3 is 5.32 Å². The first-order valence-corrected chi connectivity index (χ1v) is 8.10. The Hall–Kier alpha value is -1.20. The lowest BCUT2D eigenvalue weighted by atomic mass is 9.83. The Kier molecular flexibility index (Phi) is 4.70. The molecular formula is C15H21ClN4O. The van der Waals surface area contributed by atoms with Gasteiger partial charge in [0, 0.05) is 18.4 Å². The molecule has 6 heteroatoms. The molecule has 3 heterocycles. The summed E-state index contributed by atoms with van der Waals surface area (Å²) in [5.74, 6) is 0.862. The van der Waals surface area contributed by atoms with Crippen LogP contribution >= 0.6 is 11.6 Å². The van der Waals surface area contributed by atoms with Gasteiger partial charge in [0.05, 0.1) is 17.5 Å². The van der Waals surface area contributed by atoms with E-state index in [1.165, 1.54) is 12.8 Å². The lowest BCUT2D eigenvalue weighted by Gasteiger charge is -2.43. The number of halogens is 1. The van der Waals surface area contributed by atoms with Gasteiger partial charge in [-0.3, -0.25) is 9.69 Å². The van der Waals surface area contributed by atoms with Crippen molar-refractivity contribution in [3.8, 4) is 0 Å². The molecule has 1 N–H and O–H groups in total. The summed E-state index contributed by atoms with van der Waals surface area (Å²) >= 11 is 5.75. The standard InChI is InChI=1S/C15H21ClN4O/c16-11-8-17-14(18-9-11)10-19-15(21)12-4-3-7-20-6-2-1-5-13(12)20/h8-9,12-13H,1-7,10H2,(H,19,21)/t12-,13-/m1/s1. The van der Waals surface area contributed by atoms with Gasteiger partial charge in [0.2, 0.25) is 5.91 Å². The van der Waals surface area contributed by atoms with Crippen LogP contribution in [0.15, 0.2) is 12.4 Å². The maximum Gasteiger partial charge on any atom is 0.225 e. The van der Waals surface area contributed by atoms with Crippen LogP contribution in [0.2, 0.25) is 5.02 Å². The minimum Gasteiger partial charge on any atom is -0.349 e. The maximum absolute atomic E-state index is 12.5. The zero-order valence-corrected chi connectivity index (χ0v) is 12.9. The van der Waals surface area contributed by atoms with Crippen LogP contribution in [0.3, 0.4) is 0 Å². The van der Waals surface area contributed by atoms with E-state index >= 15 is 0 Å². The van der Waals surface area contributed by atoms with Crippen LogP contribution < -0.4 is 5.32 Å². The van der Waals surface area contributed by atoms with Crippen molar-refractivity contribution in [1.29, 1.82) is 0 Å². The second-order valence-electron chi connectivity index (χ2n) is 5.88. The summed E-state index contributed by atoms with van der Waals surface area (Å²) in [6, 6.07) is 0.429. The van der Waals surface area contributed by atoms with Gasteiger partial charge in [0.25, 0.3) is 0 Å². The molecule has 2 atom stereocenters. The first-order chi connectivity index (χ1) is 10.2. The van der Waals surface area contributed by atoms with Crippen molar-refractivity contribution in [2.45, 2.75) is 44.7 Å². The largest absolute Gasteiger partial charge is 0.349 e. The van der Waals surface area contributed by atoms with E-state index in [0.717, 1.165) is 32.4 Å². The highest BCUT2D eigenvalue weighted by Gasteiger charge is 2.36. The molecule has 2 aliphatic rings. The number of piperidine rings is 2. The van der Waals surface area contributed by atoms with Crippen molar-refractivity contribution in [2.75, 3.05) is 13.1 Å². The van der Waals surface area contributed by atoms with Gasteiger partial charge in [-0.1, -0.05) is 18.0 Å². The topological polar surface area (TPSA) is 58.1 Å². The third-order valence-corrected chi connectivity index (χ3v) is 4.72. The van der Waals surface area contributed by atoms with Crippen LogP contribution in [-0.2, 0) is 11.3 Å². The van der Waals surface area contributed by atoms with Crippen molar-refractivity contribution in [3.05, 3.63) is 23.2 Å². The van der Waals surface area contributed by atoms with Gasteiger partial charge in [-0.2, -0.15) is 0 Å². The average molecular weight is 309 g/mol. The van der Waals surface area contributed by atoms with Crippen LogP contribution in [0.4, 0.5) is 0 Å². The fourth-order valence-electron chi connectivity index (χ4n) is 3.49. The number of hydrogen-bond acceptors (Lipinski definition) is 4. The smallest absolute Gasteiger partial charge is 0.225 e. The number of aromatic nitrogens is 2. The Morgan fingerprint density at radius 3 is 2.81 bits per heavy atom. The normalized spacial score (nSPS) is 26.1. The molecule has 0 unspecified atom stereocenters. The molecule has 2 fully saturated rings. The van der Waals surface area contributed by atoms with Gasteiger partial charge in [-0.25, -0.2) is 9.97 Å². The minimum absolute atomic E-state index is 0.117. The number of hydrogen-bond donors (Lipinski definition) is 1. The fourth-order valence-corrected chi connectivity index (χ4v) is 3.59. The predicted molar refractivity (Wildman–Crippen MR) is 80.8 cm³/mol. The molecule has 1 amide bonds. The SMILES string of the molecule is O=C(NCc1ncc(Cl)cn1)[C@@H]1CCCN2CCCC[C@H]12. The second-order valence-corrected chi connectivity index (χ2v) is 6.32. The van der Waals surface area contributed by atoms with Crippen molar-refractivity contribution in [3.63, 3.8) is 0 Å². The lowest BCUT2D eigenvalue weighted by Crippen LogP contribution is -2.52. The van der Waals surface area contributed by atoms with E-state index in [1.54, 1.807) is 12.4 Å². The molecule has 1 aromatic rings. The van der Waals surface area contributed by atoms with Gasteiger partial charge in [-0.05, 0) is 38.8 Å². The number of nitrogens with one attached hydrogen (secondary N) is 1. The number of carbonyl (C=O) groups excluding carboxylic acids is 1. The summed E-state index contributed by atoms with van der Waals surface area (Å²) < 4.78 is 0. The maximum atomic E-state index is 12.5. The fraction of sp³-hybridized carbons (Fsp3) is 0.667. The first kappa shape index (κ1) is 14.7. The molecule has 114 valence electrons. The molecule has 0 bridgehead atoms. The summed E-state index contributed by atoms with van der Waals surface area (Å²) in [5.41, 5.74) is 0. The minimum atomic E-state index is 0.117.